The third kappa shape index (κ3) is 6.64. The van der Waals surface area contributed by atoms with Gasteiger partial charge >= 0.3 is 8.25 Å². The van der Waals surface area contributed by atoms with Gasteiger partial charge in [-0.1, -0.05) is 25.1 Å². The van der Waals surface area contributed by atoms with Gasteiger partial charge in [0.05, 0.1) is 6.61 Å². The maximum absolute atomic E-state index is 10.6. The van der Waals surface area contributed by atoms with Gasteiger partial charge in [0.1, 0.15) is 5.75 Å². The van der Waals surface area contributed by atoms with E-state index in [0.29, 0.717) is 6.61 Å². The van der Waals surface area contributed by atoms with Crippen molar-refractivity contribution >= 4 is 8.25 Å². The van der Waals surface area contributed by atoms with Crippen molar-refractivity contribution in [2.45, 2.75) is 32.4 Å². The normalized spacial score (nSPS) is 14.8. The van der Waals surface area contributed by atoms with Crippen molar-refractivity contribution in [3.8, 4) is 5.75 Å². The van der Waals surface area contributed by atoms with E-state index >= 15 is 0 Å². The minimum atomic E-state index is -2.64. The Balaban J connectivity index is 2.24. The molecule has 0 aliphatic rings. The first-order valence-electron chi connectivity index (χ1n) is 6.39. The van der Waals surface area contributed by atoms with Crippen LogP contribution in [0.1, 0.15) is 26.2 Å². The van der Waals surface area contributed by atoms with Gasteiger partial charge in [0, 0.05) is 10.5 Å². The summed E-state index contributed by atoms with van der Waals surface area (Å²) in [4.78, 5) is 8.67. The molecule has 0 radical (unpaired) electrons. The van der Waals surface area contributed by atoms with Gasteiger partial charge < -0.3 is 10.5 Å². The van der Waals surface area contributed by atoms with Gasteiger partial charge in [-0.15, -0.1) is 9.42 Å². The molecule has 3 atom stereocenters. The highest BCUT2D eigenvalue weighted by Gasteiger charge is 2.26. The lowest BCUT2D eigenvalue weighted by Crippen LogP contribution is -2.31. The number of ether oxygens (including phenoxy) is 1. The van der Waals surface area contributed by atoms with E-state index in [1.165, 1.54) is 0 Å². The van der Waals surface area contributed by atoms with E-state index in [-0.39, 0.29) is 5.92 Å². The summed E-state index contributed by atoms with van der Waals surface area (Å²) in [5.74, 6) is 0.903. The molecule has 106 valence electrons. The molecule has 0 spiro atoms. The van der Waals surface area contributed by atoms with Crippen LogP contribution in [0.5, 0.6) is 5.75 Å². The zero-order chi connectivity index (χ0) is 14.1. The first kappa shape index (κ1) is 16.1. The van der Waals surface area contributed by atoms with Gasteiger partial charge in [-0.05, 0) is 31.4 Å². The second-order valence-corrected chi connectivity index (χ2v) is 4.97. The Morgan fingerprint density at radius 1 is 1.37 bits per heavy atom. The van der Waals surface area contributed by atoms with E-state index in [1.807, 2.05) is 37.3 Å². The fourth-order valence-electron chi connectivity index (χ4n) is 1.84. The second kappa shape index (κ2) is 8.99. The van der Waals surface area contributed by atoms with Gasteiger partial charge in [-0.3, -0.25) is 0 Å². The fraction of sp³-hybridized carbons (Fsp3) is 0.538. The van der Waals surface area contributed by atoms with Gasteiger partial charge in [-0.25, -0.2) is 0 Å². The largest absolute Gasteiger partial charge is 0.696 e. The third-order valence-corrected chi connectivity index (χ3v) is 3.36. The molecular formula is C13H21NO4P+. The van der Waals surface area contributed by atoms with Crippen LogP contribution in [-0.4, -0.2) is 17.7 Å². The maximum atomic E-state index is 10.6. The quantitative estimate of drug-likeness (QED) is 0.414. The number of para-hydroxylation sites is 1. The van der Waals surface area contributed by atoms with Crippen LogP contribution in [0.25, 0.3) is 0 Å². The number of rotatable bonds is 9. The third-order valence-electron chi connectivity index (χ3n) is 2.93. The Labute approximate surface area is 114 Å². The highest BCUT2D eigenvalue weighted by Crippen LogP contribution is 2.24. The average Bonchev–Trinajstić information content (AvgIpc) is 2.39. The Bertz CT molecular complexity index is 374. The summed E-state index contributed by atoms with van der Waals surface area (Å²) in [6, 6.07) is 9.59. The van der Waals surface area contributed by atoms with Crippen LogP contribution < -0.4 is 10.5 Å². The van der Waals surface area contributed by atoms with Crippen molar-refractivity contribution in [3.63, 3.8) is 0 Å². The van der Waals surface area contributed by atoms with Crippen LogP contribution in [0.3, 0.4) is 0 Å². The van der Waals surface area contributed by atoms with E-state index in [4.69, 9.17) is 19.9 Å². The van der Waals surface area contributed by atoms with Gasteiger partial charge in [0.15, 0.2) is 6.23 Å². The van der Waals surface area contributed by atoms with Crippen molar-refractivity contribution in [2.75, 3.05) is 6.61 Å². The first-order valence-corrected chi connectivity index (χ1v) is 7.52. The van der Waals surface area contributed by atoms with Gasteiger partial charge in [-0.2, -0.15) is 0 Å². The molecular weight excluding hydrogens is 265 g/mol. The Hall–Kier alpha value is -1.00. The molecule has 0 saturated heterocycles. The van der Waals surface area contributed by atoms with E-state index in [0.717, 1.165) is 25.0 Å². The molecule has 5 nitrogen and oxygen atoms in total. The monoisotopic (exact) mass is 286 g/mol. The van der Waals surface area contributed by atoms with E-state index < -0.39 is 14.5 Å². The molecule has 19 heavy (non-hydrogen) atoms. The predicted molar refractivity (Wildman–Crippen MR) is 73.8 cm³/mol. The SMILES string of the molecule is CCC(CCCOc1ccccc1)C(N)O[P+](=O)O. The standard InChI is InChI=1S/C13H20NO4P/c1-2-11(13(14)18-19(15)16)7-6-10-17-12-8-4-3-5-9-12/h3-5,8-9,11,13H,2,6-7,10,14H2,1H3/p+1. The lowest BCUT2D eigenvalue weighted by atomic mass is 9.99. The number of nitrogens with two attached hydrogens (primary N) is 1. The molecule has 0 fully saturated rings. The van der Waals surface area contributed by atoms with Crippen LogP contribution in [0.15, 0.2) is 30.3 Å². The zero-order valence-electron chi connectivity index (χ0n) is 11.1. The van der Waals surface area contributed by atoms with Crippen LogP contribution in [0.2, 0.25) is 0 Å². The smallest absolute Gasteiger partial charge is 0.494 e. The fourth-order valence-corrected chi connectivity index (χ4v) is 2.22. The molecule has 0 heterocycles. The average molecular weight is 286 g/mol. The summed E-state index contributed by atoms with van der Waals surface area (Å²) >= 11 is 0. The molecule has 0 amide bonds. The molecule has 1 aromatic rings. The minimum absolute atomic E-state index is 0.0606. The lowest BCUT2D eigenvalue weighted by molar-refractivity contribution is 0.119. The zero-order valence-corrected chi connectivity index (χ0v) is 12.0. The number of benzene rings is 1. The summed E-state index contributed by atoms with van der Waals surface area (Å²) < 4.78 is 20.9. The van der Waals surface area contributed by atoms with Crippen molar-refractivity contribution in [3.05, 3.63) is 30.3 Å². The Morgan fingerprint density at radius 2 is 2.05 bits per heavy atom. The highest BCUT2D eigenvalue weighted by atomic mass is 31.1. The van der Waals surface area contributed by atoms with Crippen molar-refractivity contribution in [1.29, 1.82) is 0 Å². The van der Waals surface area contributed by atoms with Crippen LogP contribution >= 0.6 is 8.25 Å². The molecule has 0 saturated carbocycles. The summed E-state index contributed by atoms with van der Waals surface area (Å²) in [6.07, 6.45) is 1.73. The Kier molecular flexibility index (Phi) is 7.60. The van der Waals surface area contributed by atoms with Crippen LogP contribution in [-0.2, 0) is 9.09 Å². The van der Waals surface area contributed by atoms with Crippen molar-refractivity contribution in [1.82, 2.24) is 0 Å². The molecule has 0 aromatic heterocycles. The molecule has 6 heteroatoms. The van der Waals surface area contributed by atoms with E-state index in [9.17, 15) is 4.57 Å². The van der Waals surface area contributed by atoms with Crippen molar-refractivity contribution in [2.24, 2.45) is 11.7 Å². The highest BCUT2D eigenvalue weighted by molar-refractivity contribution is 7.32. The summed E-state index contributed by atoms with van der Waals surface area (Å²) in [7, 11) is -2.64. The van der Waals surface area contributed by atoms with E-state index in [1.54, 1.807) is 0 Å². The number of hydrogen-bond donors (Lipinski definition) is 2. The first-order chi connectivity index (χ1) is 9.13. The van der Waals surface area contributed by atoms with Crippen LogP contribution in [0.4, 0.5) is 0 Å². The molecule has 1 rings (SSSR count). The van der Waals surface area contributed by atoms with Crippen molar-refractivity contribution < 1.29 is 18.7 Å². The minimum Gasteiger partial charge on any atom is -0.494 e. The molecule has 1 aromatic carbocycles. The van der Waals surface area contributed by atoms with Gasteiger partial charge in [0.2, 0.25) is 0 Å². The summed E-state index contributed by atoms with van der Waals surface area (Å²) in [5, 5.41) is 0. The van der Waals surface area contributed by atoms with Crippen LogP contribution in [0, 0.1) is 5.92 Å². The number of hydrogen-bond acceptors (Lipinski definition) is 4. The molecule has 0 aliphatic heterocycles. The summed E-state index contributed by atoms with van der Waals surface area (Å²) in [6.45, 7) is 2.58. The second-order valence-electron chi connectivity index (χ2n) is 4.28. The summed E-state index contributed by atoms with van der Waals surface area (Å²) in [5.41, 5.74) is 5.72. The predicted octanol–water partition coefficient (Wildman–Crippen LogP) is 2.82. The molecule has 0 bridgehead atoms. The van der Waals surface area contributed by atoms with E-state index in [2.05, 4.69) is 0 Å². The topological polar surface area (TPSA) is 81.8 Å². The molecule has 3 unspecified atom stereocenters. The molecule has 0 aliphatic carbocycles. The molecule has 3 N–H and O–H groups in total. The maximum Gasteiger partial charge on any atom is 0.696 e. The Morgan fingerprint density at radius 3 is 2.63 bits per heavy atom. The van der Waals surface area contributed by atoms with Gasteiger partial charge in [0.25, 0.3) is 0 Å². The lowest BCUT2D eigenvalue weighted by Gasteiger charge is -2.17.